The van der Waals surface area contributed by atoms with E-state index in [0.29, 0.717) is 31.0 Å². The van der Waals surface area contributed by atoms with E-state index in [4.69, 9.17) is 4.74 Å². The van der Waals surface area contributed by atoms with Crippen molar-refractivity contribution in [3.63, 3.8) is 0 Å². The Kier molecular flexibility index (Phi) is 4.80. The highest BCUT2D eigenvalue weighted by Crippen LogP contribution is 2.55. The van der Waals surface area contributed by atoms with Crippen LogP contribution < -0.4 is 15.7 Å². The number of benzene rings is 2. The average Bonchev–Trinajstić information content (AvgIpc) is 3.49. The average molecular weight is 433 g/mol. The third kappa shape index (κ3) is 3.08. The first kappa shape index (κ1) is 20.0. The van der Waals surface area contributed by atoms with E-state index in [-0.39, 0.29) is 18.2 Å². The topological polar surface area (TPSA) is 120 Å². The van der Waals surface area contributed by atoms with Gasteiger partial charge < -0.3 is 15.0 Å². The number of hydrogen-bond acceptors (Lipinski definition) is 5. The van der Waals surface area contributed by atoms with Crippen LogP contribution in [0.5, 0.6) is 5.75 Å². The molecule has 0 bridgehead atoms. The number of nitrogens with one attached hydrogen (secondary N) is 3. The number of aromatic amines is 2. The summed E-state index contributed by atoms with van der Waals surface area (Å²) in [5.41, 5.74) is 1.26. The number of carbonyl (C=O) groups is 2. The van der Waals surface area contributed by atoms with E-state index in [1.807, 2.05) is 48.5 Å². The van der Waals surface area contributed by atoms with Crippen molar-refractivity contribution in [1.82, 2.24) is 20.1 Å². The minimum absolute atomic E-state index is 0.0987. The van der Waals surface area contributed by atoms with Gasteiger partial charge in [0.25, 0.3) is 0 Å². The van der Waals surface area contributed by atoms with Gasteiger partial charge in [0.1, 0.15) is 17.0 Å². The fraction of sp³-hybridized carbons (Fsp3) is 0.304. The summed E-state index contributed by atoms with van der Waals surface area (Å²) in [6, 6.07) is 14.7. The molecule has 3 N–H and O–H groups in total. The molecule has 0 aliphatic carbocycles. The molecule has 1 spiro atoms. The van der Waals surface area contributed by atoms with Gasteiger partial charge in [-0.15, -0.1) is 0 Å². The van der Waals surface area contributed by atoms with E-state index in [9.17, 15) is 14.4 Å². The molecule has 0 radical (unpaired) electrons. The number of rotatable bonds is 5. The number of aromatic nitrogens is 3. The molecule has 2 aliphatic rings. The summed E-state index contributed by atoms with van der Waals surface area (Å²) in [6.07, 6.45) is 0.984. The maximum atomic E-state index is 13.4. The Morgan fingerprint density at radius 2 is 2.06 bits per heavy atom. The van der Waals surface area contributed by atoms with E-state index < -0.39 is 17.1 Å². The molecule has 2 aliphatic heterocycles. The highest BCUT2D eigenvalue weighted by atomic mass is 16.5. The van der Waals surface area contributed by atoms with Crippen molar-refractivity contribution in [2.24, 2.45) is 0 Å². The zero-order chi connectivity index (χ0) is 22.3. The maximum absolute atomic E-state index is 13.4. The third-order valence-corrected chi connectivity index (χ3v) is 6.44. The molecular formula is C23H23N5O4. The number of carbonyl (C=O) groups excluding carboxylic acids is 2. The first-order valence-corrected chi connectivity index (χ1v) is 10.5. The smallest absolute Gasteiger partial charge is 0.340 e. The first-order valence-electron chi connectivity index (χ1n) is 10.5. The van der Waals surface area contributed by atoms with Gasteiger partial charge in [0.05, 0.1) is 13.2 Å². The molecule has 1 aromatic heterocycles. The summed E-state index contributed by atoms with van der Waals surface area (Å²) in [5, 5.41) is 9.21. The summed E-state index contributed by atoms with van der Waals surface area (Å²) in [7, 11) is 1.59. The fourth-order valence-electron chi connectivity index (χ4n) is 5.02. The van der Waals surface area contributed by atoms with E-state index in [1.165, 1.54) is 0 Å². The molecule has 164 valence electrons. The molecule has 2 amide bonds. The lowest BCUT2D eigenvalue weighted by atomic mass is 9.72. The molecule has 1 saturated heterocycles. The van der Waals surface area contributed by atoms with E-state index in [1.54, 1.807) is 12.0 Å². The number of hydrogen-bond donors (Lipinski definition) is 3. The van der Waals surface area contributed by atoms with Crippen molar-refractivity contribution in [3.05, 3.63) is 76.0 Å². The summed E-state index contributed by atoms with van der Waals surface area (Å²) in [6.45, 7) is 0.444. The van der Waals surface area contributed by atoms with Crippen LogP contribution >= 0.6 is 0 Å². The summed E-state index contributed by atoms with van der Waals surface area (Å²) in [5.74, 6) is 0.894. The predicted octanol–water partition coefficient (Wildman–Crippen LogP) is 1.90. The van der Waals surface area contributed by atoms with Gasteiger partial charge in [0, 0.05) is 25.1 Å². The van der Waals surface area contributed by atoms with Crippen LogP contribution in [0.25, 0.3) is 0 Å². The number of anilines is 1. The normalized spacial score (nSPS) is 21.6. The Morgan fingerprint density at radius 3 is 2.84 bits per heavy atom. The summed E-state index contributed by atoms with van der Waals surface area (Å²) in [4.78, 5) is 42.4. The second kappa shape index (κ2) is 7.67. The Morgan fingerprint density at radius 1 is 1.22 bits per heavy atom. The van der Waals surface area contributed by atoms with Crippen LogP contribution in [0.4, 0.5) is 5.69 Å². The first-order chi connectivity index (χ1) is 15.5. The van der Waals surface area contributed by atoms with Crippen LogP contribution in [0.3, 0.4) is 0 Å². The fourth-order valence-corrected chi connectivity index (χ4v) is 5.02. The van der Waals surface area contributed by atoms with Gasteiger partial charge in [0.15, 0.2) is 0 Å². The monoisotopic (exact) mass is 433 g/mol. The van der Waals surface area contributed by atoms with E-state index >= 15 is 0 Å². The van der Waals surface area contributed by atoms with Gasteiger partial charge in [0.2, 0.25) is 11.8 Å². The molecule has 9 heteroatoms. The van der Waals surface area contributed by atoms with Crippen molar-refractivity contribution in [1.29, 1.82) is 0 Å². The highest BCUT2D eigenvalue weighted by Gasteiger charge is 2.59. The minimum Gasteiger partial charge on any atom is -0.497 e. The molecular weight excluding hydrogens is 410 g/mol. The molecule has 2 atom stereocenters. The Balaban J connectivity index is 1.55. The van der Waals surface area contributed by atoms with Crippen LogP contribution in [0.1, 0.15) is 35.8 Å². The molecule has 3 heterocycles. The van der Waals surface area contributed by atoms with Crippen molar-refractivity contribution in [2.45, 2.75) is 30.7 Å². The lowest BCUT2D eigenvalue weighted by Crippen LogP contribution is -2.42. The van der Waals surface area contributed by atoms with E-state index in [2.05, 4.69) is 20.5 Å². The number of methoxy groups -OCH3 is 1. The molecule has 0 saturated carbocycles. The Bertz CT molecular complexity index is 1250. The predicted molar refractivity (Wildman–Crippen MR) is 116 cm³/mol. The number of nitrogens with zero attached hydrogens (tertiary/aromatic N) is 2. The number of para-hydroxylation sites is 1. The Hall–Kier alpha value is -3.88. The van der Waals surface area contributed by atoms with Crippen molar-refractivity contribution >= 4 is 17.5 Å². The van der Waals surface area contributed by atoms with Crippen LogP contribution in [0.15, 0.2) is 53.3 Å². The second-order valence-corrected chi connectivity index (χ2v) is 8.11. The van der Waals surface area contributed by atoms with Crippen molar-refractivity contribution < 1.29 is 14.3 Å². The number of fused-ring (bicyclic) bond motifs is 2. The van der Waals surface area contributed by atoms with Crippen molar-refractivity contribution in [2.75, 3.05) is 19.0 Å². The number of aryl methyl sites for hydroxylation is 1. The number of ether oxygens (including phenoxy) is 1. The van der Waals surface area contributed by atoms with Gasteiger partial charge in [-0.1, -0.05) is 30.3 Å². The summed E-state index contributed by atoms with van der Waals surface area (Å²) >= 11 is 0. The maximum Gasteiger partial charge on any atom is 0.340 e. The summed E-state index contributed by atoms with van der Waals surface area (Å²) < 4.78 is 5.42. The van der Waals surface area contributed by atoms with Gasteiger partial charge in [-0.3, -0.25) is 14.6 Å². The zero-order valence-electron chi connectivity index (χ0n) is 17.6. The lowest BCUT2D eigenvalue weighted by molar-refractivity contribution is -0.133. The molecule has 32 heavy (non-hydrogen) atoms. The highest BCUT2D eigenvalue weighted by molar-refractivity contribution is 6.07. The third-order valence-electron chi connectivity index (χ3n) is 6.44. The van der Waals surface area contributed by atoms with Crippen LogP contribution in [0, 0.1) is 0 Å². The minimum atomic E-state index is -0.876. The van der Waals surface area contributed by atoms with Crippen LogP contribution in [0.2, 0.25) is 0 Å². The SMILES string of the molecule is COc1cccc([C@@H]2N(C(=O)CCc3n[nH]c(=O)[nH]3)CC[C@]23C(=O)Nc2ccccc23)c1. The molecule has 2 aromatic carbocycles. The molecule has 0 unspecified atom stereocenters. The van der Waals surface area contributed by atoms with Crippen molar-refractivity contribution in [3.8, 4) is 5.75 Å². The second-order valence-electron chi connectivity index (χ2n) is 8.11. The number of H-pyrrole nitrogens is 2. The molecule has 5 rings (SSSR count). The van der Waals surface area contributed by atoms with Gasteiger partial charge >= 0.3 is 5.69 Å². The quantitative estimate of drug-likeness (QED) is 0.568. The number of likely N-dealkylation sites (tertiary alicyclic amines) is 1. The lowest BCUT2D eigenvalue weighted by Gasteiger charge is -2.34. The van der Waals surface area contributed by atoms with Crippen LogP contribution in [-0.2, 0) is 21.4 Å². The molecule has 3 aromatic rings. The zero-order valence-corrected chi connectivity index (χ0v) is 17.6. The van der Waals surface area contributed by atoms with Gasteiger partial charge in [-0.05, 0) is 35.7 Å². The largest absolute Gasteiger partial charge is 0.497 e. The standard InChI is InChI=1S/C23H23N5O4/c1-32-15-6-4-5-14(13-15)20-23(16-7-2-3-8-17(16)24-21(23)30)11-12-28(20)19(29)10-9-18-25-22(31)27-26-18/h2-8,13,20H,9-12H2,1H3,(H,24,30)(H2,25,26,27,31)/t20-,23+/m0/s1. The van der Waals surface area contributed by atoms with E-state index in [0.717, 1.165) is 16.8 Å². The Labute approximate surface area is 183 Å². The molecule has 1 fully saturated rings. The van der Waals surface area contributed by atoms with Crippen LogP contribution in [-0.4, -0.2) is 45.6 Å². The number of amides is 2. The molecule has 9 nitrogen and oxygen atoms in total. The van der Waals surface area contributed by atoms with Gasteiger partial charge in [-0.2, -0.15) is 5.10 Å². The van der Waals surface area contributed by atoms with Gasteiger partial charge in [-0.25, -0.2) is 9.89 Å².